The first-order valence-corrected chi connectivity index (χ1v) is 12.1. The fourth-order valence-corrected chi connectivity index (χ4v) is 4.97. The van der Waals surface area contributed by atoms with E-state index in [1.807, 2.05) is 16.2 Å². The predicted molar refractivity (Wildman–Crippen MR) is 137 cm³/mol. The van der Waals surface area contributed by atoms with Crippen LogP contribution in [0.4, 0.5) is 0 Å². The molecule has 1 fully saturated rings. The Morgan fingerprint density at radius 2 is 2.10 bits per heavy atom. The molecule has 0 aliphatic carbocycles. The van der Waals surface area contributed by atoms with Gasteiger partial charge in [-0.1, -0.05) is 6.42 Å². The van der Waals surface area contributed by atoms with E-state index in [1.54, 1.807) is 4.88 Å². The predicted octanol–water partition coefficient (Wildman–Crippen LogP) is 3.46. The lowest BCUT2D eigenvalue weighted by Gasteiger charge is -2.31. The Balaban J connectivity index is 0.00000320. The van der Waals surface area contributed by atoms with Crippen LogP contribution in [0.3, 0.4) is 0 Å². The SMILES string of the molecule is CCNC(=NCC(C)N1CCc2sccc2C1)NCCCN1CCCCCC1=O.I. The minimum Gasteiger partial charge on any atom is -0.357 e. The number of fused-ring (bicyclic) bond motifs is 1. The van der Waals surface area contributed by atoms with Crippen molar-refractivity contribution in [3.8, 4) is 0 Å². The third kappa shape index (κ3) is 7.67. The fraction of sp³-hybridized carbons (Fsp3) is 0.727. The van der Waals surface area contributed by atoms with E-state index >= 15 is 0 Å². The van der Waals surface area contributed by atoms with Crippen molar-refractivity contribution in [1.82, 2.24) is 20.4 Å². The van der Waals surface area contributed by atoms with Crippen LogP contribution < -0.4 is 10.6 Å². The molecule has 0 radical (unpaired) electrons. The topological polar surface area (TPSA) is 60.0 Å². The van der Waals surface area contributed by atoms with Crippen LogP contribution in [-0.2, 0) is 17.8 Å². The molecule has 30 heavy (non-hydrogen) atoms. The van der Waals surface area contributed by atoms with Crippen LogP contribution in [-0.4, -0.2) is 67.0 Å². The zero-order valence-electron chi connectivity index (χ0n) is 18.5. The van der Waals surface area contributed by atoms with Gasteiger partial charge in [0.05, 0.1) is 6.54 Å². The van der Waals surface area contributed by atoms with Gasteiger partial charge in [-0.2, -0.15) is 0 Å². The minimum absolute atomic E-state index is 0. The molecule has 2 N–H and O–H groups in total. The molecule has 1 atom stereocenters. The number of rotatable bonds is 8. The fourth-order valence-electron chi connectivity index (χ4n) is 4.08. The maximum Gasteiger partial charge on any atom is 0.222 e. The van der Waals surface area contributed by atoms with Crippen molar-refractivity contribution < 1.29 is 4.79 Å². The quantitative estimate of drug-likeness (QED) is 0.227. The molecular formula is C22H38IN5OS. The van der Waals surface area contributed by atoms with E-state index in [2.05, 4.69) is 40.8 Å². The van der Waals surface area contributed by atoms with Gasteiger partial charge < -0.3 is 15.5 Å². The maximum absolute atomic E-state index is 12.1. The highest BCUT2D eigenvalue weighted by Crippen LogP contribution is 2.25. The Hall–Kier alpha value is -0.870. The molecule has 1 aromatic heterocycles. The minimum atomic E-state index is 0. The summed E-state index contributed by atoms with van der Waals surface area (Å²) in [6.45, 7) is 10.8. The van der Waals surface area contributed by atoms with Crippen molar-refractivity contribution in [1.29, 1.82) is 0 Å². The molecule has 2 aliphatic rings. The molecule has 1 aromatic rings. The highest BCUT2D eigenvalue weighted by molar-refractivity contribution is 14.0. The molecule has 8 heteroatoms. The highest BCUT2D eigenvalue weighted by atomic mass is 127. The smallest absolute Gasteiger partial charge is 0.222 e. The zero-order valence-corrected chi connectivity index (χ0v) is 21.6. The number of carbonyl (C=O) groups excluding carboxylic acids is 1. The second-order valence-corrected chi connectivity index (χ2v) is 9.13. The lowest BCUT2D eigenvalue weighted by molar-refractivity contribution is -0.130. The number of aliphatic imine (C=N–C) groups is 1. The van der Waals surface area contributed by atoms with Gasteiger partial charge in [-0.3, -0.25) is 14.7 Å². The largest absolute Gasteiger partial charge is 0.357 e. The number of likely N-dealkylation sites (tertiary alicyclic amines) is 1. The van der Waals surface area contributed by atoms with Gasteiger partial charge in [-0.15, -0.1) is 35.3 Å². The maximum atomic E-state index is 12.1. The molecule has 0 saturated carbocycles. The summed E-state index contributed by atoms with van der Waals surface area (Å²) >= 11 is 1.89. The van der Waals surface area contributed by atoms with Crippen molar-refractivity contribution in [3.63, 3.8) is 0 Å². The Kier molecular flexibility index (Phi) is 11.4. The monoisotopic (exact) mass is 547 g/mol. The average molecular weight is 548 g/mol. The van der Waals surface area contributed by atoms with Crippen molar-refractivity contribution in [2.24, 2.45) is 4.99 Å². The third-order valence-corrected chi connectivity index (χ3v) is 6.91. The molecule has 1 unspecified atom stereocenters. The number of hydrogen-bond acceptors (Lipinski definition) is 4. The first-order valence-electron chi connectivity index (χ1n) is 11.3. The van der Waals surface area contributed by atoms with E-state index in [9.17, 15) is 4.79 Å². The molecule has 1 saturated heterocycles. The summed E-state index contributed by atoms with van der Waals surface area (Å²) in [7, 11) is 0. The van der Waals surface area contributed by atoms with Gasteiger partial charge in [0.15, 0.2) is 5.96 Å². The molecule has 2 aliphatic heterocycles. The van der Waals surface area contributed by atoms with Gasteiger partial charge in [-0.25, -0.2) is 0 Å². The Morgan fingerprint density at radius 3 is 2.93 bits per heavy atom. The summed E-state index contributed by atoms with van der Waals surface area (Å²) < 4.78 is 0. The molecule has 6 nitrogen and oxygen atoms in total. The number of halogens is 1. The summed E-state index contributed by atoms with van der Waals surface area (Å²) in [6.07, 6.45) is 6.21. The van der Waals surface area contributed by atoms with Gasteiger partial charge in [0, 0.05) is 56.6 Å². The van der Waals surface area contributed by atoms with Crippen molar-refractivity contribution in [2.45, 2.75) is 65.0 Å². The van der Waals surface area contributed by atoms with E-state index in [0.29, 0.717) is 11.9 Å². The first-order chi connectivity index (χ1) is 14.2. The van der Waals surface area contributed by atoms with Crippen molar-refractivity contribution in [3.05, 3.63) is 21.9 Å². The number of amides is 1. The lowest BCUT2D eigenvalue weighted by Crippen LogP contribution is -2.42. The molecule has 3 rings (SSSR count). The van der Waals surface area contributed by atoms with Crippen LogP contribution in [0.15, 0.2) is 16.4 Å². The van der Waals surface area contributed by atoms with Crippen LogP contribution in [0.2, 0.25) is 0 Å². The first kappa shape index (κ1) is 25.4. The second kappa shape index (κ2) is 13.5. The van der Waals surface area contributed by atoms with Gasteiger partial charge in [0.25, 0.3) is 0 Å². The van der Waals surface area contributed by atoms with Gasteiger partial charge in [0.2, 0.25) is 5.91 Å². The Labute approximate surface area is 202 Å². The van der Waals surface area contributed by atoms with E-state index in [-0.39, 0.29) is 24.0 Å². The van der Waals surface area contributed by atoms with Gasteiger partial charge in [-0.05, 0) is 56.5 Å². The van der Waals surface area contributed by atoms with Crippen LogP contribution in [0.1, 0.15) is 56.4 Å². The standard InChI is InChI=1S/C22H37N5OS.HI/c1-3-23-22(24-11-7-13-26-12-6-4-5-8-21(26)28)25-16-18(2)27-14-9-20-19(17-27)10-15-29-20;/h10,15,18H,3-9,11-14,16-17H2,1-2H3,(H2,23,24,25);1H. The summed E-state index contributed by atoms with van der Waals surface area (Å²) in [4.78, 5) is 23.0. The molecule has 3 heterocycles. The number of hydrogen-bond donors (Lipinski definition) is 2. The van der Waals surface area contributed by atoms with Crippen LogP contribution in [0.25, 0.3) is 0 Å². The van der Waals surface area contributed by atoms with E-state index in [4.69, 9.17) is 4.99 Å². The number of guanidine groups is 1. The third-order valence-electron chi connectivity index (χ3n) is 5.89. The zero-order chi connectivity index (χ0) is 20.5. The molecule has 0 aromatic carbocycles. The highest BCUT2D eigenvalue weighted by Gasteiger charge is 2.21. The van der Waals surface area contributed by atoms with Crippen LogP contribution in [0.5, 0.6) is 0 Å². The number of thiophene rings is 1. The van der Waals surface area contributed by atoms with Crippen LogP contribution >= 0.6 is 35.3 Å². The van der Waals surface area contributed by atoms with Crippen LogP contribution in [0, 0.1) is 0 Å². The number of nitrogens with zero attached hydrogens (tertiary/aromatic N) is 3. The molecule has 0 spiro atoms. The molecule has 0 bridgehead atoms. The molecule has 1 amide bonds. The Morgan fingerprint density at radius 1 is 1.23 bits per heavy atom. The van der Waals surface area contributed by atoms with Gasteiger partial charge in [0.1, 0.15) is 0 Å². The summed E-state index contributed by atoms with van der Waals surface area (Å²) in [6, 6.07) is 2.69. The van der Waals surface area contributed by atoms with E-state index < -0.39 is 0 Å². The number of nitrogens with one attached hydrogen (secondary N) is 2. The Bertz CT molecular complexity index is 680. The normalized spacial score (nSPS) is 18.9. The summed E-state index contributed by atoms with van der Waals surface area (Å²) in [5.74, 6) is 1.21. The van der Waals surface area contributed by atoms with Crippen molar-refractivity contribution in [2.75, 3.05) is 39.3 Å². The average Bonchev–Trinajstić information content (AvgIpc) is 3.11. The van der Waals surface area contributed by atoms with E-state index in [1.165, 1.54) is 12.0 Å². The number of carbonyl (C=O) groups is 1. The van der Waals surface area contributed by atoms with E-state index in [0.717, 1.165) is 83.9 Å². The molecular weight excluding hydrogens is 509 g/mol. The summed E-state index contributed by atoms with van der Waals surface area (Å²) in [5, 5.41) is 9.01. The summed E-state index contributed by atoms with van der Waals surface area (Å²) in [5.41, 5.74) is 1.49. The molecule has 170 valence electrons. The lowest BCUT2D eigenvalue weighted by atomic mass is 10.1. The second-order valence-electron chi connectivity index (χ2n) is 8.13. The van der Waals surface area contributed by atoms with Crippen molar-refractivity contribution >= 4 is 47.2 Å². The van der Waals surface area contributed by atoms with Gasteiger partial charge >= 0.3 is 0 Å².